The standard InChI is InChI=1S/C23H23N3O4S2/c1-4-29-21(28)18-17(25-22(31)26-19(27)13-8-6-5-7-9-13)15-10-14-12-30-23(2,3)11-16(14)24-20(15)32-18/h5-10H,4,11-12H2,1-3H3,(H2,25,26,27,31). The minimum absolute atomic E-state index is 0.0826. The molecule has 0 saturated carbocycles. The van der Waals surface area contributed by atoms with E-state index in [0.29, 0.717) is 34.0 Å². The van der Waals surface area contributed by atoms with E-state index in [1.165, 1.54) is 11.3 Å². The summed E-state index contributed by atoms with van der Waals surface area (Å²) in [5, 5.41) is 6.50. The second-order valence-corrected chi connectivity index (χ2v) is 9.38. The molecule has 3 aromatic rings. The van der Waals surface area contributed by atoms with Crippen molar-refractivity contribution in [1.29, 1.82) is 0 Å². The van der Waals surface area contributed by atoms with Gasteiger partial charge in [-0.1, -0.05) is 18.2 Å². The molecule has 1 aliphatic rings. The van der Waals surface area contributed by atoms with Gasteiger partial charge in [-0.25, -0.2) is 9.78 Å². The Morgan fingerprint density at radius 1 is 1.28 bits per heavy atom. The predicted molar refractivity (Wildman–Crippen MR) is 128 cm³/mol. The fraction of sp³-hybridized carbons (Fsp3) is 0.304. The molecule has 0 radical (unpaired) electrons. The van der Waals surface area contributed by atoms with Gasteiger partial charge in [-0.15, -0.1) is 11.3 Å². The summed E-state index contributed by atoms with van der Waals surface area (Å²) in [4.78, 5) is 31.0. The lowest BCUT2D eigenvalue weighted by molar-refractivity contribution is -0.0411. The molecule has 0 atom stereocenters. The maximum Gasteiger partial charge on any atom is 0.350 e. The molecule has 0 fully saturated rings. The van der Waals surface area contributed by atoms with E-state index < -0.39 is 5.97 Å². The second kappa shape index (κ2) is 8.93. The number of hydrogen-bond donors (Lipinski definition) is 2. The number of hydrogen-bond acceptors (Lipinski definition) is 7. The van der Waals surface area contributed by atoms with Gasteiger partial charge < -0.3 is 14.8 Å². The zero-order valence-corrected chi connectivity index (χ0v) is 19.6. The van der Waals surface area contributed by atoms with Gasteiger partial charge in [-0.2, -0.15) is 0 Å². The van der Waals surface area contributed by atoms with Gasteiger partial charge in [0.05, 0.1) is 30.2 Å². The van der Waals surface area contributed by atoms with Gasteiger partial charge in [-0.05, 0) is 51.2 Å². The minimum Gasteiger partial charge on any atom is -0.462 e. The lowest BCUT2D eigenvalue weighted by atomic mass is 9.95. The van der Waals surface area contributed by atoms with Gasteiger partial charge >= 0.3 is 5.97 Å². The van der Waals surface area contributed by atoms with Crippen LogP contribution in [-0.2, 0) is 22.5 Å². The van der Waals surface area contributed by atoms with Crippen LogP contribution >= 0.6 is 23.6 Å². The quantitative estimate of drug-likeness (QED) is 0.431. The van der Waals surface area contributed by atoms with Crippen LogP contribution in [0.3, 0.4) is 0 Å². The summed E-state index contributed by atoms with van der Waals surface area (Å²) in [6, 6.07) is 10.7. The van der Waals surface area contributed by atoms with Crippen LogP contribution in [0, 0.1) is 0 Å². The monoisotopic (exact) mass is 469 g/mol. The highest BCUT2D eigenvalue weighted by Gasteiger charge is 2.29. The molecule has 0 saturated heterocycles. The van der Waals surface area contributed by atoms with E-state index in [1.807, 2.05) is 26.0 Å². The number of nitrogens with one attached hydrogen (secondary N) is 2. The molecule has 1 amide bonds. The number of carbonyl (C=O) groups excluding carboxylic acids is 2. The first-order valence-corrected chi connectivity index (χ1v) is 11.4. The highest BCUT2D eigenvalue weighted by molar-refractivity contribution is 7.80. The molecule has 1 aliphatic heterocycles. The van der Waals surface area contributed by atoms with Crippen molar-refractivity contribution < 1.29 is 19.1 Å². The van der Waals surface area contributed by atoms with E-state index in [-0.39, 0.29) is 23.2 Å². The van der Waals surface area contributed by atoms with Crippen molar-refractivity contribution in [2.24, 2.45) is 0 Å². The predicted octanol–water partition coefficient (Wildman–Crippen LogP) is 4.45. The number of pyridine rings is 1. The van der Waals surface area contributed by atoms with Crippen LogP contribution in [0.4, 0.5) is 5.69 Å². The summed E-state index contributed by atoms with van der Waals surface area (Å²) in [5.74, 6) is -0.809. The lowest BCUT2D eigenvalue weighted by Crippen LogP contribution is -2.34. The average Bonchev–Trinajstić information content (AvgIpc) is 3.09. The molecule has 166 valence electrons. The van der Waals surface area contributed by atoms with Crippen molar-refractivity contribution in [3.63, 3.8) is 0 Å². The molecule has 0 unspecified atom stereocenters. The Labute approximate surface area is 195 Å². The summed E-state index contributed by atoms with van der Waals surface area (Å²) in [6.07, 6.45) is 0.680. The molecule has 0 bridgehead atoms. The molecule has 2 aromatic heterocycles. The summed E-state index contributed by atoms with van der Waals surface area (Å²) >= 11 is 6.61. The van der Waals surface area contributed by atoms with Crippen LogP contribution in [0.25, 0.3) is 10.2 Å². The van der Waals surface area contributed by atoms with Crippen molar-refractivity contribution >= 4 is 56.4 Å². The molecule has 0 spiro atoms. The highest BCUT2D eigenvalue weighted by atomic mass is 32.1. The number of anilines is 1. The van der Waals surface area contributed by atoms with Crippen molar-refractivity contribution in [2.75, 3.05) is 11.9 Å². The van der Waals surface area contributed by atoms with E-state index in [4.69, 9.17) is 26.7 Å². The summed E-state index contributed by atoms with van der Waals surface area (Å²) < 4.78 is 11.2. The van der Waals surface area contributed by atoms with Crippen LogP contribution in [-0.4, -0.2) is 34.2 Å². The van der Waals surface area contributed by atoms with E-state index >= 15 is 0 Å². The van der Waals surface area contributed by atoms with Crippen molar-refractivity contribution in [1.82, 2.24) is 10.3 Å². The van der Waals surface area contributed by atoms with Gasteiger partial charge in [0.2, 0.25) is 0 Å². The molecule has 9 heteroatoms. The van der Waals surface area contributed by atoms with E-state index in [9.17, 15) is 9.59 Å². The number of benzene rings is 1. The Kier molecular flexibility index (Phi) is 6.23. The van der Waals surface area contributed by atoms with Gasteiger partial charge in [0.25, 0.3) is 5.91 Å². The van der Waals surface area contributed by atoms with Gasteiger partial charge in [0, 0.05) is 22.9 Å². The zero-order chi connectivity index (χ0) is 22.9. The van der Waals surface area contributed by atoms with Gasteiger partial charge in [0.1, 0.15) is 9.71 Å². The number of esters is 1. The number of thiocarbonyl (C=S) groups is 1. The van der Waals surface area contributed by atoms with Crippen LogP contribution in [0.5, 0.6) is 0 Å². The fourth-order valence-corrected chi connectivity index (χ4v) is 4.70. The second-order valence-electron chi connectivity index (χ2n) is 7.97. The summed E-state index contributed by atoms with van der Waals surface area (Å²) in [6.45, 7) is 6.49. The third-order valence-electron chi connectivity index (χ3n) is 5.03. The Balaban J connectivity index is 1.68. The fourth-order valence-electron chi connectivity index (χ4n) is 3.48. The number of fused-ring (bicyclic) bond motifs is 2. The maximum absolute atomic E-state index is 12.6. The molecular weight excluding hydrogens is 446 g/mol. The third kappa shape index (κ3) is 4.64. The number of carbonyl (C=O) groups is 2. The number of nitrogens with zero attached hydrogens (tertiary/aromatic N) is 1. The first-order chi connectivity index (χ1) is 15.3. The first-order valence-electron chi connectivity index (χ1n) is 10.2. The number of rotatable bonds is 4. The Morgan fingerprint density at radius 2 is 2.03 bits per heavy atom. The highest BCUT2D eigenvalue weighted by Crippen LogP contribution is 2.38. The maximum atomic E-state index is 12.6. The number of amides is 1. The molecule has 1 aromatic carbocycles. The molecular formula is C23H23N3O4S2. The van der Waals surface area contributed by atoms with Crippen LogP contribution in [0.2, 0.25) is 0 Å². The van der Waals surface area contributed by atoms with Gasteiger partial charge in [0.15, 0.2) is 5.11 Å². The normalized spacial score (nSPS) is 14.5. The molecule has 0 aliphatic carbocycles. The van der Waals surface area contributed by atoms with Crippen molar-refractivity contribution in [3.05, 3.63) is 58.1 Å². The van der Waals surface area contributed by atoms with E-state index in [0.717, 1.165) is 16.6 Å². The number of thiophene rings is 1. The number of aromatic nitrogens is 1. The lowest BCUT2D eigenvalue weighted by Gasteiger charge is -2.31. The first kappa shape index (κ1) is 22.3. The Hall–Kier alpha value is -2.88. The molecule has 7 nitrogen and oxygen atoms in total. The van der Waals surface area contributed by atoms with Crippen molar-refractivity contribution in [2.45, 2.75) is 39.4 Å². The largest absolute Gasteiger partial charge is 0.462 e. The topological polar surface area (TPSA) is 89.5 Å². The van der Waals surface area contributed by atoms with E-state index in [2.05, 4.69) is 10.6 Å². The minimum atomic E-state index is -0.468. The van der Waals surface area contributed by atoms with Crippen molar-refractivity contribution in [3.8, 4) is 0 Å². The summed E-state index contributed by atoms with van der Waals surface area (Å²) in [7, 11) is 0. The Bertz CT molecular complexity index is 1200. The molecule has 3 heterocycles. The molecule has 2 N–H and O–H groups in total. The van der Waals surface area contributed by atoms with Crippen LogP contribution in [0.1, 0.15) is 52.1 Å². The van der Waals surface area contributed by atoms with E-state index in [1.54, 1.807) is 31.2 Å². The average molecular weight is 470 g/mol. The zero-order valence-electron chi connectivity index (χ0n) is 18.0. The third-order valence-corrected chi connectivity index (χ3v) is 6.31. The molecule has 32 heavy (non-hydrogen) atoms. The smallest absolute Gasteiger partial charge is 0.350 e. The van der Waals surface area contributed by atoms with Crippen LogP contribution < -0.4 is 10.6 Å². The van der Waals surface area contributed by atoms with Gasteiger partial charge in [-0.3, -0.25) is 10.1 Å². The SMILES string of the molecule is CCOC(=O)c1sc2nc3c(cc2c1NC(=S)NC(=O)c1ccccc1)COC(C)(C)C3. The molecule has 4 rings (SSSR count). The van der Waals surface area contributed by atoms with Crippen LogP contribution in [0.15, 0.2) is 36.4 Å². The Morgan fingerprint density at radius 3 is 2.75 bits per heavy atom. The number of ether oxygens (including phenoxy) is 2. The summed E-state index contributed by atoms with van der Waals surface area (Å²) in [5.41, 5.74) is 2.58.